The van der Waals surface area contributed by atoms with Gasteiger partial charge in [0.2, 0.25) is 0 Å². The lowest BCUT2D eigenvalue weighted by atomic mass is 10.2. The van der Waals surface area contributed by atoms with Crippen molar-refractivity contribution in [1.29, 1.82) is 0 Å². The molecule has 0 aliphatic rings. The maximum atomic E-state index is 11.6. The van der Waals surface area contributed by atoms with Gasteiger partial charge in [0.1, 0.15) is 11.1 Å². The van der Waals surface area contributed by atoms with E-state index in [0.29, 0.717) is 16.8 Å². The Labute approximate surface area is 98.8 Å². The molecule has 1 amide bonds. The Kier molecular flexibility index (Phi) is 2.75. The molecule has 0 unspecified atom stereocenters. The summed E-state index contributed by atoms with van der Waals surface area (Å²) in [6.07, 6.45) is 2.61. The van der Waals surface area contributed by atoms with Crippen LogP contribution >= 0.6 is 0 Å². The van der Waals surface area contributed by atoms with E-state index in [1.807, 2.05) is 20.8 Å². The standard InChI is InChI=1S/C12H14N2O3/c1-12(2,3)17-11(15)14-9-4-6-13-8-5-7-16-10(8)9/h4-7H,1-3H3,(H,13,14,15). The minimum atomic E-state index is -0.528. The molecule has 0 bridgehead atoms. The van der Waals surface area contributed by atoms with E-state index in [0.717, 1.165) is 0 Å². The lowest BCUT2D eigenvalue weighted by molar-refractivity contribution is 0.0636. The summed E-state index contributed by atoms with van der Waals surface area (Å²) in [4.78, 5) is 15.7. The molecule has 0 aliphatic carbocycles. The number of rotatable bonds is 1. The number of amides is 1. The third kappa shape index (κ3) is 2.75. The van der Waals surface area contributed by atoms with Gasteiger partial charge in [0.05, 0.1) is 12.0 Å². The highest BCUT2D eigenvalue weighted by molar-refractivity contribution is 5.95. The molecule has 0 spiro atoms. The number of aromatic nitrogens is 1. The summed E-state index contributed by atoms with van der Waals surface area (Å²) in [5.74, 6) is 0. The molecule has 2 rings (SSSR count). The van der Waals surface area contributed by atoms with Gasteiger partial charge in [-0.05, 0) is 26.8 Å². The molecule has 0 fully saturated rings. The van der Waals surface area contributed by atoms with E-state index in [1.165, 1.54) is 6.26 Å². The maximum Gasteiger partial charge on any atom is 0.412 e. The maximum absolute atomic E-state index is 11.6. The smallest absolute Gasteiger partial charge is 0.412 e. The van der Waals surface area contributed by atoms with E-state index in [2.05, 4.69) is 10.3 Å². The zero-order valence-corrected chi connectivity index (χ0v) is 9.98. The summed E-state index contributed by atoms with van der Waals surface area (Å²) in [7, 11) is 0. The Morgan fingerprint density at radius 3 is 2.88 bits per heavy atom. The van der Waals surface area contributed by atoms with Crippen LogP contribution in [0.25, 0.3) is 11.1 Å². The van der Waals surface area contributed by atoms with Crippen molar-refractivity contribution in [2.75, 3.05) is 5.32 Å². The van der Waals surface area contributed by atoms with Gasteiger partial charge in [-0.25, -0.2) is 4.79 Å². The topological polar surface area (TPSA) is 64.4 Å². The van der Waals surface area contributed by atoms with E-state index in [4.69, 9.17) is 9.15 Å². The van der Waals surface area contributed by atoms with Gasteiger partial charge in [0.25, 0.3) is 0 Å². The van der Waals surface area contributed by atoms with Crippen LogP contribution in [0.3, 0.4) is 0 Å². The van der Waals surface area contributed by atoms with Crippen LogP contribution < -0.4 is 5.32 Å². The second-order valence-corrected chi connectivity index (χ2v) is 4.62. The van der Waals surface area contributed by atoms with Crippen LogP contribution in [-0.4, -0.2) is 16.7 Å². The minimum Gasteiger partial charge on any atom is -0.460 e. The number of ether oxygens (including phenoxy) is 1. The fourth-order valence-corrected chi connectivity index (χ4v) is 1.39. The van der Waals surface area contributed by atoms with E-state index in [-0.39, 0.29) is 0 Å². The fraction of sp³-hybridized carbons (Fsp3) is 0.333. The molecule has 5 heteroatoms. The largest absolute Gasteiger partial charge is 0.460 e. The quantitative estimate of drug-likeness (QED) is 0.823. The first kappa shape index (κ1) is 11.4. The van der Waals surface area contributed by atoms with Crippen LogP contribution in [0, 0.1) is 0 Å². The summed E-state index contributed by atoms with van der Waals surface area (Å²) in [6.45, 7) is 5.42. The number of carbonyl (C=O) groups is 1. The molecular formula is C12H14N2O3. The van der Waals surface area contributed by atoms with E-state index in [9.17, 15) is 4.79 Å². The van der Waals surface area contributed by atoms with Crippen LogP contribution in [0.15, 0.2) is 29.0 Å². The first-order valence-electron chi connectivity index (χ1n) is 5.28. The van der Waals surface area contributed by atoms with Gasteiger partial charge in [-0.3, -0.25) is 10.3 Å². The van der Waals surface area contributed by atoms with Crippen molar-refractivity contribution in [1.82, 2.24) is 4.98 Å². The number of hydrogen-bond acceptors (Lipinski definition) is 4. The Morgan fingerprint density at radius 2 is 2.18 bits per heavy atom. The van der Waals surface area contributed by atoms with Crippen molar-refractivity contribution in [3.63, 3.8) is 0 Å². The summed E-state index contributed by atoms with van der Waals surface area (Å²) >= 11 is 0. The Balaban J connectivity index is 2.18. The second-order valence-electron chi connectivity index (χ2n) is 4.62. The number of pyridine rings is 1. The van der Waals surface area contributed by atoms with Crippen LogP contribution in [0.4, 0.5) is 10.5 Å². The highest BCUT2D eigenvalue weighted by atomic mass is 16.6. The molecule has 17 heavy (non-hydrogen) atoms. The summed E-state index contributed by atoms with van der Waals surface area (Å²) < 4.78 is 10.4. The van der Waals surface area contributed by atoms with E-state index < -0.39 is 11.7 Å². The third-order valence-corrected chi connectivity index (χ3v) is 1.98. The van der Waals surface area contributed by atoms with E-state index >= 15 is 0 Å². The number of anilines is 1. The van der Waals surface area contributed by atoms with E-state index in [1.54, 1.807) is 18.3 Å². The normalized spacial score (nSPS) is 11.5. The molecule has 2 aromatic heterocycles. The van der Waals surface area contributed by atoms with Crippen molar-refractivity contribution >= 4 is 22.9 Å². The third-order valence-electron chi connectivity index (χ3n) is 1.98. The Bertz CT molecular complexity index is 540. The van der Waals surface area contributed by atoms with Crippen LogP contribution in [-0.2, 0) is 4.74 Å². The summed E-state index contributed by atoms with van der Waals surface area (Å²) in [5.41, 5.74) is 1.26. The average molecular weight is 234 g/mol. The van der Waals surface area contributed by atoms with Crippen LogP contribution in [0.5, 0.6) is 0 Å². The number of furan rings is 1. The fourth-order valence-electron chi connectivity index (χ4n) is 1.39. The van der Waals surface area contributed by atoms with Crippen molar-refractivity contribution in [3.05, 3.63) is 24.6 Å². The summed E-state index contributed by atoms with van der Waals surface area (Å²) in [5, 5.41) is 2.63. The lowest BCUT2D eigenvalue weighted by Crippen LogP contribution is -2.27. The van der Waals surface area contributed by atoms with Gasteiger partial charge in [0.15, 0.2) is 5.58 Å². The molecule has 0 saturated carbocycles. The van der Waals surface area contributed by atoms with Crippen molar-refractivity contribution in [2.24, 2.45) is 0 Å². The molecular weight excluding hydrogens is 220 g/mol. The first-order chi connectivity index (χ1) is 7.96. The monoisotopic (exact) mass is 234 g/mol. The predicted molar refractivity (Wildman–Crippen MR) is 63.9 cm³/mol. The van der Waals surface area contributed by atoms with Crippen molar-refractivity contribution in [3.8, 4) is 0 Å². The molecule has 2 aromatic rings. The number of carbonyl (C=O) groups excluding carboxylic acids is 1. The zero-order chi connectivity index (χ0) is 12.5. The predicted octanol–water partition coefficient (Wildman–Crippen LogP) is 3.17. The zero-order valence-electron chi connectivity index (χ0n) is 9.98. The molecule has 1 N–H and O–H groups in total. The van der Waals surface area contributed by atoms with Crippen LogP contribution in [0.1, 0.15) is 20.8 Å². The van der Waals surface area contributed by atoms with Gasteiger partial charge in [0, 0.05) is 12.3 Å². The first-order valence-corrected chi connectivity index (χ1v) is 5.28. The SMILES string of the molecule is CC(C)(C)OC(=O)Nc1ccnc2ccoc12. The van der Waals surface area contributed by atoms with Gasteiger partial charge in [-0.2, -0.15) is 0 Å². The molecule has 0 radical (unpaired) electrons. The van der Waals surface area contributed by atoms with Crippen LogP contribution in [0.2, 0.25) is 0 Å². The van der Waals surface area contributed by atoms with Gasteiger partial charge in [-0.15, -0.1) is 0 Å². The van der Waals surface area contributed by atoms with Gasteiger partial charge in [-0.1, -0.05) is 0 Å². The summed E-state index contributed by atoms with van der Waals surface area (Å²) in [6, 6.07) is 3.39. The second kappa shape index (κ2) is 4.08. The van der Waals surface area contributed by atoms with Gasteiger partial charge < -0.3 is 9.15 Å². The lowest BCUT2D eigenvalue weighted by Gasteiger charge is -2.19. The minimum absolute atomic E-state index is 0.513. The molecule has 0 saturated heterocycles. The molecule has 0 aromatic carbocycles. The molecule has 2 heterocycles. The number of hydrogen-bond donors (Lipinski definition) is 1. The number of fused-ring (bicyclic) bond motifs is 1. The molecule has 0 atom stereocenters. The number of nitrogens with one attached hydrogen (secondary N) is 1. The molecule has 0 aliphatic heterocycles. The Hall–Kier alpha value is -2.04. The van der Waals surface area contributed by atoms with Crippen molar-refractivity contribution in [2.45, 2.75) is 26.4 Å². The van der Waals surface area contributed by atoms with Crippen molar-refractivity contribution < 1.29 is 13.9 Å². The highest BCUT2D eigenvalue weighted by Crippen LogP contribution is 2.22. The highest BCUT2D eigenvalue weighted by Gasteiger charge is 2.17. The molecule has 90 valence electrons. The average Bonchev–Trinajstić information content (AvgIpc) is 2.63. The number of nitrogens with zero attached hydrogens (tertiary/aromatic N) is 1. The molecule has 5 nitrogen and oxygen atoms in total. The van der Waals surface area contributed by atoms with Gasteiger partial charge >= 0.3 is 6.09 Å². The Morgan fingerprint density at radius 1 is 1.41 bits per heavy atom.